The quantitative estimate of drug-likeness (QED) is 0.599. The minimum absolute atomic E-state index is 0.0458. The molecule has 0 saturated heterocycles. The molecular formula is C22H25N5O2S. The third-order valence-electron chi connectivity index (χ3n) is 7.24. The van der Waals surface area contributed by atoms with Gasteiger partial charge in [-0.25, -0.2) is 0 Å². The van der Waals surface area contributed by atoms with Gasteiger partial charge in [-0.3, -0.25) is 4.79 Å². The van der Waals surface area contributed by atoms with Crippen molar-refractivity contribution in [3.8, 4) is 10.7 Å². The van der Waals surface area contributed by atoms with Gasteiger partial charge in [-0.2, -0.15) is 4.80 Å². The molecule has 4 bridgehead atoms. The predicted molar refractivity (Wildman–Crippen MR) is 111 cm³/mol. The van der Waals surface area contributed by atoms with E-state index in [2.05, 4.69) is 20.3 Å². The molecule has 3 aromatic heterocycles. The van der Waals surface area contributed by atoms with E-state index < -0.39 is 0 Å². The smallest absolute Gasteiger partial charge is 0.247 e. The van der Waals surface area contributed by atoms with Crippen molar-refractivity contribution in [1.29, 1.82) is 0 Å². The van der Waals surface area contributed by atoms with Crippen molar-refractivity contribution >= 4 is 17.2 Å². The van der Waals surface area contributed by atoms with E-state index in [0.717, 1.165) is 47.7 Å². The Morgan fingerprint density at radius 3 is 2.57 bits per heavy atom. The van der Waals surface area contributed by atoms with E-state index in [1.807, 2.05) is 29.6 Å². The number of carbonyl (C=O) groups is 1. The summed E-state index contributed by atoms with van der Waals surface area (Å²) in [5, 5.41) is 14.7. The molecule has 30 heavy (non-hydrogen) atoms. The Morgan fingerprint density at radius 2 is 1.93 bits per heavy atom. The van der Waals surface area contributed by atoms with E-state index in [1.165, 1.54) is 24.1 Å². The largest absolute Gasteiger partial charge is 0.467 e. The number of nitrogens with zero attached hydrogens (tertiary/aromatic N) is 5. The molecule has 1 amide bonds. The second-order valence-corrected chi connectivity index (χ2v) is 10.3. The highest BCUT2D eigenvalue weighted by molar-refractivity contribution is 7.13. The number of hydrogen-bond donors (Lipinski definition) is 0. The summed E-state index contributed by atoms with van der Waals surface area (Å²) in [4.78, 5) is 18.1. The van der Waals surface area contributed by atoms with Gasteiger partial charge in [0.05, 0.1) is 17.7 Å². The topological polar surface area (TPSA) is 77.1 Å². The lowest BCUT2D eigenvalue weighted by Crippen LogP contribution is -2.61. The van der Waals surface area contributed by atoms with Gasteiger partial charge in [0.2, 0.25) is 11.7 Å². The average Bonchev–Trinajstić information content (AvgIpc) is 3.47. The maximum absolute atomic E-state index is 13.6. The number of rotatable bonds is 6. The van der Waals surface area contributed by atoms with Crippen molar-refractivity contribution in [3.63, 3.8) is 0 Å². The summed E-state index contributed by atoms with van der Waals surface area (Å²) in [5.74, 6) is 3.76. The number of carbonyl (C=O) groups excluding carboxylic acids is 1. The van der Waals surface area contributed by atoms with E-state index in [-0.39, 0.29) is 18.0 Å². The molecule has 4 saturated carbocycles. The van der Waals surface area contributed by atoms with Crippen LogP contribution in [0.15, 0.2) is 40.3 Å². The molecule has 3 heterocycles. The monoisotopic (exact) mass is 423 g/mol. The Morgan fingerprint density at radius 1 is 1.17 bits per heavy atom. The lowest BCUT2D eigenvalue weighted by Gasteiger charge is -2.60. The summed E-state index contributed by atoms with van der Waals surface area (Å²) < 4.78 is 5.64. The summed E-state index contributed by atoms with van der Waals surface area (Å²) in [6.07, 6.45) is 9.08. The molecule has 8 heteroatoms. The van der Waals surface area contributed by atoms with Gasteiger partial charge in [-0.1, -0.05) is 6.07 Å². The van der Waals surface area contributed by atoms with Crippen LogP contribution in [-0.2, 0) is 17.9 Å². The number of thiophene rings is 1. The second kappa shape index (κ2) is 7.04. The molecule has 4 aliphatic rings. The van der Waals surface area contributed by atoms with Gasteiger partial charge < -0.3 is 9.32 Å². The van der Waals surface area contributed by atoms with Crippen LogP contribution in [0, 0.1) is 17.8 Å². The van der Waals surface area contributed by atoms with Gasteiger partial charge >= 0.3 is 0 Å². The van der Waals surface area contributed by atoms with Crippen LogP contribution in [0.5, 0.6) is 0 Å². The zero-order valence-electron chi connectivity index (χ0n) is 16.8. The summed E-state index contributed by atoms with van der Waals surface area (Å²) in [6, 6.07) is 7.78. The van der Waals surface area contributed by atoms with Gasteiger partial charge in [0.25, 0.3) is 0 Å². The van der Waals surface area contributed by atoms with E-state index in [0.29, 0.717) is 12.4 Å². The molecule has 0 unspecified atom stereocenters. The van der Waals surface area contributed by atoms with Crippen molar-refractivity contribution in [2.75, 3.05) is 0 Å². The van der Waals surface area contributed by atoms with Crippen molar-refractivity contribution in [3.05, 3.63) is 41.7 Å². The first-order valence-electron chi connectivity index (χ1n) is 10.8. The second-order valence-electron chi connectivity index (χ2n) is 9.32. The number of furan rings is 1. The lowest BCUT2D eigenvalue weighted by molar-refractivity contribution is -0.154. The molecule has 7 rings (SSSR count). The molecule has 0 N–H and O–H groups in total. The molecule has 0 radical (unpaired) electrons. The molecule has 7 nitrogen and oxygen atoms in total. The van der Waals surface area contributed by atoms with E-state index in [1.54, 1.807) is 17.6 Å². The molecular weight excluding hydrogens is 398 g/mol. The Hall–Kier alpha value is -2.48. The third-order valence-corrected chi connectivity index (χ3v) is 8.11. The molecule has 3 aromatic rings. The number of tetrazole rings is 1. The van der Waals surface area contributed by atoms with Crippen LogP contribution in [0.1, 0.15) is 44.3 Å². The van der Waals surface area contributed by atoms with Gasteiger partial charge in [-0.05, 0) is 85.1 Å². The predicted octanol–water partition coefficient (Wildman–Crippen LogP) is 3.99. The maximum atomic E-state index is 13.6. The molecule has 0 aromatic carbocycles. The first-order chi connectivity index (χ1) is 14.7. The zero-order valence-corrected chi connectivity index (χ0v) is 17.6. The van der Waals surface area contributed by atoms with Gasteiger partial charge in [-0.15, -0.1) is 21.5 Å². The van der Waals surface area contributed by atoms with Gasteiger partial charge in [0.15, 0.2) is 0 Å². The maximum Gasteiger partial charge on any atom is 0.247 e. The number of amides is 1. The number of aromatic nitrogens is 4. The van der Waals surface area contributed by atoms with Crippen LogP contribution >= 0.6 is 11.3 Å². The van der Waals surface area contributed by atoms with Gasteiger partial charge in [0, 0.05) is 5.54 Å². The summed E-state index contributed by atoms with van der Waals surface area (Å²) in [6.45, 7) is 0.630. The Kier molecular flexibility index (Phi) is 4.30. The summed E-state index contributed by atoms with van der Waals surface area (Å²) in [5.41, 5.74) is -0.0458. The fourth-order valence-corrected chi connectivity index (χ4v) is 7.14. The van der Waals surface area contributed by atoms with Crippen molar-refractivity contribution in [2.24, 2.45) is 17.8 Å². The Labute approximate surface area is 179 Å². The first-order valence-corrected chi connectivity index (χ1v) is 11.7. The van der Waals surface area contributed by atoms with Crippen LogP contribution in [0.2, 0.25) is 0 Å². The standard InChI is InChI=1S/C22H25N5O2S/c28-20(14-27-24-21(23-25-27)19-4-2-6-30-19)26(13-18-3-1-5-29-18)22-10-15-7-16(11-22)9-17(8-15)12-22/h1-6,15-17H,7-14H2. The van der Waals surface area contributed by atoms with E-state index in [4.69, 9.17) is 4.42 Å². The van der Waals surface area contributed by atoms with E-state index in [9.17, 15) is 4.79 Å². The van der Waals surface area contributed by atoms with Crippen LogP contribution in [0.3, 0.4) is 0 Å². The van der Waals surface area contributed by atoms with Crippen molar-refractivity contribution in [2.45, 2.75) is 57.2 Å². The van der Waals surface area contributed by atoms with Crippen molar-refractivity contribution in [1.82, 2.24) is 25.1 Å². The molecule has 0 aliphatic heterocycles. The molecule has 4 aliphatic carbocycles. The molecule has 156 valence electrons. The first kappa shape index (κ1) is 18.3. The van der Waals surface area contributed by atoms with E-state index >= 15 is 0 Å². The molecule has 0 atom stereocenters. The highest BCUT2D eigenvalue weighted by Gasteiger charge is 2.54. The van der Waals surface area contributed by atoms with Crippen LogP contribution in [0.25, 0.3) is 10.7 Å². The molecule has 0 spiro atoms. The fraction of sp³-hybridized carbons (Fsp3) is 0.545. The normalized spacial score (nSPS) is 29.4. The van der Waals surface area contributed by atoms with Crippen LogP contribution in [-0.4, -0.2) is 36.6 Å². The van der Waals surface area contributed by atoms with Crippen LogP contribution in [0.4, 0.5) is 0 Å². The van der Waals surface area contributed by atoms with Gasteiger partial charge in [0.1, 0.15) is 12.3 Å². The SMILES string of the molecule is O=C(Cn1nnc(-c2cccs2)n1)N(Cc1ccco1)C12CC3CC(CC(C3)C1)C2. The van der Waals surface area contributed by atoms with Crippen LogP contribution < -0.4 is 0 Å². The highest BCUT2D eigenvalue weighted by atomic mass is 32.1. The highest BCUT2D eigenvalue weighted by Crippen LogP contribution is 2.58. The minimum atomic E-state index is -0.0458. The third kappa shape index (κ3) is 3.17. The fourth-order valence-electron chi connectivity index (χ4n) is 6.50. The number of hydrogen-bond acceptors (Lipinski definition) is 6. The Balaban J connectivity index is 1.28. The lowest BCUT2D eigenvalue weighted by atomic mass is 9.52. The summed E-state index contributed by atoms with van der Waals surface area (Å²) >= 11 is 1.57. The minimum Gasteiger partial charge on any atom is -0.467 e. The zero-order chi connectivity index (χ0) is 20.1. The average molecular weight is 424 g/mol. The van der Waals surface area contributed by atoms with Crippen molar-refractivity contribution < 1.29 is 9.21 Å². The Bertz CT molecular complexity index is 991. The molecule has 4 fully saturated rings. The summed E-state index contributed by atoms with van der Waals surface area (Å²) in [7, 11) is 0.